The first-order valence-electron chi connectivity index (χ1n) is 9.54. The maximum atomic E-state index is 5.49. The molecule has 4 aromatic rings. The standard InChI is InChI=1S/C24H22N2O/c1-4-20(17-26-12-14-27-15-13-26)22-7-2-6-21(23(22)8-1)18-9-10-24-19(16-18)5-3-11-25-24/h1-11,16H,12-15,17H2. The van der Waals surface area contributed by atoms with E-state index in [1.165, 1.54) is 32.8 Å². The van der Waals surface area contributed by atoms with Crippen molar-refractivity contribution in [3.63, 3.8) is 0 Å². The van der Waals surface area contributed by atoms with Gasteiger partial charge >= 0.3 is 0 Å². The van der Waals surface area contributed by atoms with E-state index in [1.54, 1.807) is 0 Å². The molecule has 0 amide bonds. The topological polar surface area (TPSA) is 25.4 Å². The number of hydrogen-bond acceptors (Lipinski definition) is 3. The second kappa shape index (κ2) is 7.10. The molecule has 1 aliphatic heterocycles. The van der Waals surface area contributed by atoms with Crippen molar-refractivity contribution in [2.45, 2.75) is 6.54 Å². The Morgan fingerprint density at radius 1 is 0.852 bits per heavy atom. The van der Waals surface area contributed by atoms with Gasteiger partial charge in [0, 0.05) is 31.2 Å². The second-order valence-corrected chi connectivity index (χ2v) is 7.12. The number of rotatable bonds is 3. The first kappa shape index (κ1) is 16.4. The van der Waals surface area contributed by atoms with Gasteiger partial charge in [0.1, 0.15) is 0 Å². The van der Waals surface area contributed by atoms with Gasteiger partial charge in [-0.1, -0.05) is 48.5 Å². The van der Waals surface area contributed by atoms with Gasteiger partial charge in [-0.3, -0.25) is 9.88 Å². The van der Waals surface area contributed by atoms with Crippen LogP contribution in [-0.4, -0.2) is 36.2 Å². The molecule has 27 heavy (non-hydrogen) atoms. The monoisotopic (exact) mass is 354 g/mol. The highest BCUT2D eigenvalue weighted by atomic mass is 16.5. The highest BCUT2D eigenvalue weighted by molar-refractivity contribution is 6.00. The van der Waals surface area contributed by atoms with Crippen LogP contribution in [0.3, 0.4) is 0 Å². The van der Waals surface area contributed by atoms with Crippen molar-refractivity contribution in [3.8, 4) is 11.1 Å². The maximum Gasteiger partial charge on any atom is 0.0702 e. The zero-order valence-corrected chi connectivity index (χ0v) is 15.3. The largest absolute Gasteiger partial charge is 0.379 e. The normalized spacial score (nSPS) is 15.4. The summed E-state index contributed by atoms with van der Waals surface area (Å²) in [5.41, 5.74) is 4.94. The number of pyridine rings is 1. The molecular weight excluding hydrogens is 332 g/mol. The Labute approximate surface area is 159 Å². The highest BCUT2D eigenvalue weighted by Gasteiger charge is 2.13. The zero-order valence-electron chi connectivity index (χ0n) is 15.3. The summed E-state index contributed by atoms with van der Waals surface area (Å²) in [4.78, 5) is 6.92. The van der Waals surface area contributed by atoms with Crippen LogP contribution in [0.4, 0.5) is 0 Å². The summed E-state index contributed by atoms with van der Waals surface area (Å²) in [6, 6.07) is 24.0. The zero-order chi connectivity index (χ0) is 18.1. The SMILES string of the molecule is c1cnc2ccc(-c3cccc4c(CN5CCOCC5)cccc34)cc2c1. The van der Waals surface area contributed by atoms with E-state index < -0.39 is 0 Å². The van der Waals surface area contributed by atoms with Gasteiger partial charge in [-0.15, -0.1) is 0 Å². The van der Waals surface area contributed by atoms with Crippen molar-refractivity contribution in [3.05, 3.63) is 78.5 Å². The molecule has 2 heterocycles. The Balaban J connectivity index is 1.59. The smallest absolute Gasteiger partial charge is 0.0702 e. The molecule has 1 aromatic heterocycles. The summed E-state index contributed by atoms with van der Waals surface area (Å²) < 4.78 is 5.49. The van der Waals surface area contributed by atoms with E-state index in [9.17, 15) is 0 Å². The molecule has 3 nitrogen and oxygen atoms in total. The minimum absolute atomic E-state index is 0.834. The fourth-order valence-electron chi connectivity index (χ4n) is 4.01. The molecule has 0 saturated carbocycles. The Kier molecular flexibility index (Phi) is 4.32. The molecule has 0 N–H and O–H groups in total. The Bertz CT molecular complexity index is 1100. The van der Waals surface area contributed by atoms with Crippen LogP contribution < -0.4 is 0 Å². The third-order valence-electron chi connectivity index (χ3n) is 5.42. The lowest BCUT2D eigenvalue weighted by Crippen LogP contribution is -2.35. The molecular formula is C24H22N2O. The molecule has 3 heteroatoms. The van der Waals surface area contributed by atoms with E-state index in [0.29, 0.717) is 0 Å². The van der Waals surface area contributed by atoms with E-state index in [2.05, 4.69) is 70.5 Å². The number of benzene rings is 3. The van der Waals surface area contributed by atoms with E-state index >= 15 is 0 Å². The lowest BCUT2D eigenvalue weighted by atomic mass is 9.94. The van der Waals surface area contributed by atoms with E-state index in [4.69, 9.17) is 4.74 Å². The van der Waals surface area contributed by atoms with Gasteiger partial charge in [-0.2, -0.15) is 0 Å². The Morgan fingerprint density at radius 3 is 2.63 bits per heavy atom. The summed E-state index contributed by atoms with van der Waals surface area (Å²) in [6.45, 7) is 4.66. The summed E-state index contributed by atoms with van der Waals surface area (Å²) in [7, 11) is 0. The van der Waals surface area contributed by atoms with Gasteiger partial charge in [-0.25, -0.2) is 0 Å². The lowest BCUT2D eigenvalue weighted by Gasteiger charge is -2.27. The van der Waals surface area contributed by atoms with Crippen LogP contribution in [-0.2, 0) is 11.3 Å². The number of ether oxygens (including phenoxy) is 1. The van der Waals surface area contributed by atoms with Gasteiger partial charge < -0.3 is 4.74 Å². The maximum absolute atomic E-state index is 5.49. The molecule has 0 atom stereocenters. The molecule has 0 unspecified atom stereocenters. The fraction of sp³-hybridized carbons (Fsp3) is 0.208. The summed E-state index contributed by atoms with van der Waals surface area (Å²) in [6.07, 6.45) is 1.85. The van der Waals surface area contributed by atoms with Crippen molar-refractivity contribution in [2.75, 3.05) is 26.3 Å². The van der Waals surface area contributed by atoms with Crippen LogP contribution in [0.15, 0.2) is 72.9 Å². The van der Waals surface area contributed by atoms with Crippen LogP contribution in [0.25, 0.3) is 32.8 Å². The Hall–Kier alpha value is -2.75. The van der Waals surface area contributed by atoms with Crippen molar-refractivity contribution in [2.24, 2.45) is 0 Å². The Morgan fingerprint density at radius 2 is 1.70 bits per heavy atom. The summed E-state index contributed by atoms with van der Waals surface area (Å²) >= 11 is 0. The van der Waals surface area contributed by atoms with Gasteiger partial charge in [0.25, 0.3) is 0 Å². The summed E-state index contributed by atoms with van der Waals surface area (Å²) in [5, 5.41) is 3.83. The average molecular weight is 354 g/mol. The number of hydrogen-bond donors (Lipinski definition) is 0. The molecule has 1 saturated heterocycles. The predicted molar refractivity (Wildman–Crippen MR) is 111 cm³/mol. The van der Waals surface area contributed by atoms with Crippen LogP contribution >= 0.6 is 0 Å². The van der Waals surface area contributed by atoms with Gasteiger partial charge in [0.2, 0.25) is 0 Å². The van der Waals surface area contributed by atoms with Crippen LogP contribution in [0.2, 0.25) is 0 Å². The fourth-order valence-corrected chi connectivity index (χ4v) is 4.01. The van der Waals surface area contributed by atoms with Crippen molar-refractivity contribution >= 4 is 21.7 Å². The number of aromatic nitrogens is 1. The molecule has 0 aliphatic carbocycles. The molecule has 0 spiro atoms. The first-order chi connectivity index (χ1) is 13.4. The second-order valence-electron chi connectivity index (χ2n) is 7.12. The average Bonchev–Trinajstić information content (AvgIpc) is 2.74. The van der Waals surface area contributed by atoms with E-state index in [1.807, 2.05) is 12.3 Å². The molecule has 0 radical (unpaired) electrons. The molecule has 3 aromatic carbocycles. The van der Waals surface area contributed by atoms with Crippen molar-refractivity contribution in [1.29, 1.82) is 0 Å². The highest BCUT2D eigenvalue weighted by Crippen LogP contribution is 2.32. The van der Waals surface area contributed by atoms with Gasteiger partial charge in [0.05, 0.1) is 18.7 Å². The molecule has 5 rings (SSSR count). The number of morpholine rings is 1. The quantitative estimate of drug-likeness (QED) is 0.524. The minimum atomic E-state index is 0.834. The summed E-state index contributed by atoms with van der Waals surface area (Å²) in [5.74, 6) is 0. The van der Waals surface area contributed by atoms with Crippen molar-refractivity contribution < 1.29 is 4.74 Å². The van der Waals surface area contributed by atoms with Gasteiger partial charge in [0.15, 0.2) is 0 Å². The van der Waals surface area contributed by atoms with Crippen LogP contribution in [0.1, 0.15) is 5.56 Å². The first-order valence-corrected chi connectivity index (χ1v) is 9.54. The third-order valence-corrected chi connectivity index (χ3v) is 5.42. The molecule has 134 valence electrons. The molecule has 0 bridgehead atoms. The predicted octanol–water partition coefficient (Wildman–Crippen LogP) is 4.89. The number of nitrogens with zero attached hydrogens (tertiary/aromatic N) is 2. The molecule has 1 fully saturated rings. The van der Waals surface area contributed by atoms with Crippen LogP contribution in [0, 0.1) is 0 Å². The van der Waals surface area contributed by atoms with Gasteiger partial charge in [-0.05, 0) is 45.7 Å². The van der Waals surface area contributed by atoms with Crippen molar-refractivity contribution in [1.82, 2.24) is 9.88 Å². The van der Waals surface area contributed by atoms with E-state index in [0.717, 1.165) is 38.4 Å². The molecule has 1 aliphatic rings. The minimum Gasteiger partial charge on any atom is -0.379 e. The number of fused-ring (bicyclic) bond motifs is 2. The lowest BCUT2D eigenvalue weighted by molar-refractivity contribution is 0.0344. The third kappa shape index (κ3) is 3.20. The van der Waals surface area contributed by atoms with Crippen LogP contribution in [0.5, 0.6) is 0 Å². The van der Waals surface area contributed by atoms with E-state index in [-0.39, 0.29) is 0 Å².